The molecule has 0 aromatic heterocycles. The van der Waals surface area contributed by atoms with Gasteiger partial charge < -0.3 is 5.32 Å². The van der Waals surface area contributed by atoms with Crippen LogP contribution in [-0.4, -0.2) is 12.4 Å². The van der Waals surface area contributed by atoms with E-state index in [1.165, 1.54) is 29.8 Å². The third-order valence-electron chi connectivity index (χ3n) is 3.40. The molecular weight excluding hydrogens is 208 g/mol. The van der Waals surface area contributed by atoms with Crippen molar-refractivity contribution in [3.05, 3.63) is 35.4 Å². The van der Waals surface area contributed by atoms with E-state index in [9.17, 15) is 0 Å². The summed E-state index contributed by atoms with van der Waals surface area (Å²) in [6.45, 7) is 5.38. The Labute approximate surface area is 104 Å². The van der Waals surface area contributed by atoms with Gasteiger partial charge in [0.25, 0.3) is 0 Å². The number of rotatable bonds is 3. The lowest BCUT2D eigenvalue weighted by molar-refractivity contribution is 0.656. The van der Waals surface area contributed by atoms with Crippen molar-refractivity contribution in [1.29, 1.82) is 0 Å². The predicted molar refractivity (Wildman–Crippen MR) is 73.5 cm³/mol. The molecule has 2 rings (SSSR count). The highest BCUT2D eigenvalue weighted by molar-refractivity contribution is 5.83. The second-order valence-corrected chi connectivity index (χ2v) is 4.75. The molecule has 17 heavy (non-hydrogen) atoms. The first kappa shape index (κ1) is 12.2. The summed E-state index contributed by atoms with van der Waals surface area (Å²) in [5.41, 5.74) is 2.74. The van der Waals surface area contributed by atoms with Crippen LogP contribution < -0.4 is 5.32 Å². The number of aryl methyl sites for hydroxylation is 1. The normalized spacial score (nSPS) is 17.4. The molecule has 0 spiro atoms. The Balaban J connectivity index is 1.98. The van der Waals surface area contributed by atoms with Gasteiger partial charge in [-0.3, -0.25) is 4.99 Å². The topological polar surface area (TPSA) is 24.4 Å². The summed E-state index contributed by atoms with van der Waals surface area (Å²) < 4.78 is 0. The van der Waals surface area contributed by atoms with Gasteiger partial charge in [-0.1, -0.05) is 31.2 Å². The highest BCUT2D eigenvalue weighted by Crippen LogP contribution is 2.15. The van der Waals surface area contributed by atoms with Gasteiger partial charge in [-0.15, -0.1) is 0 Å². The van der Waals surface area contributed by atoms with Crippen LogP contribution in [0.2, 0.25) is 0 Å². The average Bonchev–Trinajstić information content (AvgIpc) is 2.40. The zero-order chi connectivity index (χ0) is 12.1. The average molecular weight is 230 g/mol. The van der Waals surface area contributed by atoms with E-state index in [1.54, 1.807) is 0 Å². The summed E-state index contributed by atoms with van der Waals surface area (Å²) in [5.74, 6) is 1.18. The van der Waals surface area contributed by atoms with E-state index in [-0.39, 0.29) is 0 Å². The molecule has 2 nitrogen and oxygen atoms in total. The van der Waals surface area contributed by atoms with E-state index < -0.39 is 0 Å². The van der Waals surface area contributed by atoms with Gasteiger partial charge in [0.2, 0.25) is 0 Å². The number of benzene rings is 1. The van der Waals surface area contributed by atoms with Crippen LogP contribution in [0.5, 0.6) is 0 Å². The summed E-state index contributed by atoms with van der Waals surface area (Å²) in [5, 5.41) is 3.52. The van der Waals surface area contributed by atoms with Crippen molar-refractivity contribution >= 4 is 5.84 Å². The van der Waals surface area contributed by atoms with E-state index in [4.69, 9.17) is 0 Å². The van der Waals surface area contributed by atoms with Gasteiger partial charge in [0.1, 0.15) is 0 Å². The standard InChI is InChI=1S/C15H22N2/c1-3-13-7-9-14(10-8-13)12(2)17-15-6-4-5-11-16-15/h7-10,12H,3-6,11H2,1-2H3,(H,16,17). The number of amidine groups is 1. The number of hydrogen-bond acceptors (Lipinski definition) is 2. The third kappa shape index (κ3) is 3.32. The first-order valence-electron chi connectivity index (χ1n) is 6.68. The van der Waals surface area contributed by atoms with Crippen molar-refractivity contribution in [2.24, 2.45) is 4.99 Å². The Kier molecular flexibility index (Phi) is 4.18. The Bertz CT molecular complexity index is 378. The summed E-state index contributed by atoms with van der Waals surface area (Å²) in [7, 11) is 0. The molecule has 0 bridgehead atoms. The van der Waals surface area contributed by atoms with Crippen LogP contribution in [0.1, 0.15) is 50.3 Å². The molecule has 1 unspecified atom stereocenters. The minimum atomic E-state index is 0.359. The smallest absolute Gasteiger partial charge is 0.0967 e. The number of nitrogens with one attached hydrogen (secondary N) is 1. The molecule has 1 N–H and O–H groups in total. The molecular formula is C15H22N2. The molecule has 0 saturated carbocycles. The van der Waals surface area contributed by atoms with Gasteiger partial charge in [-0.2, -0.15) is 0 Å². The maximum absolute atomic E-state index is 4.53. The monoisotopic (exact) mass is 230 g/mol. The van der Waals surface area contributed by atoms with Crippen molar-refractivity contribution in [3.8, 4) is 0 Å². The third-order valence-corrected chi connectivity index (χ3v) is 3.40. The fourth-order valence-corrected chi connectivity index (χ4v) is 2.19. The summed E-state index contributed by atoms with van der Waals surface area (Å²) in [6, 6.07) is 9.24. The van der Waals surface area contributed by atoms with Crippen LogP contribution in [-0.2, 0) is 6.42 Å². The highest BCUT2D eigenvalue weighted by Gasteiger charge is 2.10. The first-order valence-corrected chi connectivity index (χ1v) is 6.68. The molecule has 0 saturated heterocycles. The molecule has 1 atom stereocenters. The van der Waals surface area contributed by atoms with E-state index in [2.05, 4.69) is 48.4 Å². The molecule has 0 fully saturated rings. The molecule has 1 aliphatic rings. The molecule has 1 aromatic carbocycles. The minimum Gasteiger partial charge on any atom is -0.367 e. The van der Waals surface area contributed by atoms with E-state index in [1.807, 2.05) is 0 Å². The highest BCUT2D eigenvalue weighted by atomic mass is 15.0. The van der Waals surface area contributed by atoms with E-state index in [0.717, 1.165) is 19.4 Å². The fourth-order valence-electron chi connectivity index (χ4n) is 2.19. The summed E-state index contributed by atoms with van der Waals surface area (Å²) in [4.78, 5) is 4.53. The SMILES string of the molecule is CCc1ccc(C(C)NC2=NCCCC2)cc1. The molecule has 0 radical (unpaired) electrons. The van der Waals surface area contributed by atoms with Crippen LogP contribution in [0.15, 0.2) is 29.3 Å². The molecule has 1 heterocycles. The van der Waals surface area contributed by atoms with Crippen molar-refractivity contribution in [2.45, 2.75) is 45.6 Å². The largest absolute Gasteiger partial charge is 0.367 e. The quantitative estimate of drug-likeness (QED) is 0.844. The second-order valence-electron chi connectivity index (χ2n) is 4.75. The van der Waals surface area contributed by atoms with Crippen LogP contribution in [0, 0.1) is 0 Å². The number of nitrogens with zero attached hydrogens (tertiary/aromatic N) is 1. The number of hydrogen-bond donors (Lipinski definition) is 1. The Morgan fingerprint density at radius 3 is 2.59 bits per heavy atom. The van der Waals surface area contributed by atoms with Crippen molar-refractivity contribution in [3.63, 3.8) is 0 Å². The van der Waals surface area contributed by atoms with Gasteiger partial charge >= 0.3 is 0 Å². The van der Waals surface area contributed by atoms with E-state index >= 15 is 0 Å². The van der Waals surface area contributed by atoms with Gasteiger partial charge in [-0.05, 0) is 37.3 Å². The van der Waals surface area contributed by atoms with Crippen molar-refractivity contribution in [2.75, 3.05) is 6.54 Å². The summed E-state index contributed by atoms with van der Waals surface area (Å²) in [6.07, 6.45) is 4.73. The number of aliphatic imine (C=N–C) groups is 1. The van der Waals surface area contributed by atoms with Crippen LogP contribution >= 0.6 is 0 Å². The zero-order valence-electron chi connectivity index (χ0n) is 10.9. The zero-order valence-corrected chi connectivity index (χ0v) is 10.9. The van der Waals surface area contributed by atoms with Crippen molar-refractivity contribution < 1.29 is 0 Å². The Hall–Kier alpha value is -1.31. The first-order chi connectivity index (χ1) is 8.29. The Morgan fingerprint density at radius 1 is 1.24 bits per heavy atom. The maximum atomic E-state index is 4.53. The minimum absolute atomic E-state index is 0.359. The molecule has 1 aliphatic heterocycles. The van der Waals surface area contributed by atoms with Crippen LogP contribution in [0.3, 0.4) is 0 Å². The van der Waals surface area contributed by atoms with Crippen molar-refractivity contribution in [1.82, 2.24) is 5.32 Å². The molecule has 1 aromatic rings. The second kappa shape index (κ2) is 5.85. The van der Waals surface area contributed by atoms with Gasteiger partial charge in [0.05, 0.1) is 5.84 Å². The lowest BCUT2D eigenvalue weighted by Crippen LogP contribution is -2.28. The molecule has 0 aliphatic carbocycles. The summed E-state index contributed by atoms with van der Waals surface area (Å²) >= 11 is 0. The van der Waals surface area contributed by atoms with Gasteiger partial charge in [0.15, 0.2) is 0 Å². The lowest BCUT2D eigenvalue weighted by atomic mass is 10.0. The molecule has 0 amide bonds. The molecule has 92 valence electrons. The lowest BCUT2D eigenvalue weighted by Gasteiger charge is -2.20. The maximum Gasteiger partial charge on any atom is 0.0967 e. The van der Waals surface area contributed by atoms with Gasteiger partial charge in [0, 0.05) is 19.0 Å². The van der Waals surface area contributed by atoms with Gasteiger partial charge in [-0.25, -0.2) is 0 Å². The molecule has 2 heteroatoms. The van der Waals surface area contributed by atoms with Crippen LogP contribution in [0.4, 0.5) is 0 Å². The predicted octanol–water partition coefficient (Wildman–Crippen LogP) is 3.48. The Morgan fingerprint density at radius 2 is 2.00 bits per heavy atom. The van der Waals surface area contributed by atoms with E-state index in [0.29, 0.717) is 6.04 Å². The fraction of sp³-hybridized carbons (Fsp3) is 0.533. The van der Waals surface area contributed by atoms with Crippen LogP contribution in [0.25, 0.3) is 0 Å².